The molecular formula is C14H26N2OS. The van der Waals surface area contributed by atoms with Crippen molar-refractivity contribution in [1.29, 1.82) is 0 Å². The maximum absolute atomic E-state index is 12.1. The number of carbonyl (C=O) groups is 1. The van der Waals surface area contributed by atoms with Crippen LogP contribution in [-0.2, 0) is 4.79 Å². The molecule has 1 N–H and O–H groups in total. The molecule has 3 nitrogen and oxygen atoms in total. The van der Waals surface area contributed by atoms with Crippen molar-refractivity contribution in [2.24, 2.45) is 0 Å². The monoisotopic (exact) mass is 270 g/mol. The summed E-state index contributed by atoms with van der Waals surface area (Å²) in [6, 6.07) is 0. The number of nitrogens with one attached hydrogen (secondary N) is 1. The molecule has 104 valence electrons. The zero-order valence-corrected chi connectivity index (χ0v) is 12.4. The highest BCUT2D eigenvalue weighted by molar-refractivity contribution is 8.00. The molecule has 2 heterocycles. The lowest BCUT2D eigenvalue weighted by atomic mass is 10.1. The summed E-state index contributed by atoms with van der Waals surface area (Å²) in [6.45, 7) is 5.74. The first-order chi connectivity index (χ1) is 8.70. The molecule has 0 saturated carbocycles. The van der Waals surface area contributed by atoms with Gasteiger partial charge in [-0.15, -0.1) is 0 Å². The van der Waals surface area contributed by atoms with Gasteiger partial charge >= 0.3 is 0 Å². The Hall–Kier alpha value is -0.220. The number of hydrogen-bond acceptors (Lipinski definition) is 3. The second-order valence-corrected chi connectivity index (χ2v) is 7.48. The topological polar surface area (TPSA) is 32.3 Å². The van der Waals surface area contributed by atoms with Crippen LogP contribution in [0.3, 0.4) is 0 Å². The highest BCUT2D eigenvalue weighted by Crippen LogP contribution is 2.36. The predicted molar refractivity (Wildman–Crippen MR) is 78.0 cm³/mol. The molecule has 0 spiro atoms. The van der Waals surface area contributed by atoms with Crippen LogP contribution in [0.4, 0.5) is 0 Å². The van der Waals surface area contributed by atoms with Gasteiger partial charge < -0.3 is 10.2 Å². The van der Waals surface area contributed by atoms with Gasteiger partial charge in [-0.3, -0.25) is 4.79 Å². The van der Waals surface area contributed by atoms with Crippen molar-refractivity contribution in [1.82, 2.24) is 10.2 Å². The zero-order chi connectivity index (χ0) is 12.8. The Balaban J connectivity index is 1.67. The van der Waals surface area contributed by atoms with Gasteiger partial charge in [0.2, 0.25) is 5.91 Å². The second-order valence-electron chi connectivity index (χ2n) is 5.80. The van der Waals surface area contributed by atoms with Crippen molar-refractivity contribution in [2.45, 2.75) is 50.2 Å². The fourth-order valence-electron chi connectivity index (χ4n) is 2.84. The van der Waals surface area contributed by atoms with Crippen LogP contribution < -0.4 is 5.32 Å². The Morgan fingerprint density at radius 3 is 2.56 bits per heavy atom. The number of carbonyl (C=O) groups excluding carboxylic acids is 1. The van der Waals surface area contributed by atoms with Crippen LogP contribution >= 0.6 is 11.8 Å². The van der Waals surface area contributed by atoms with Crippen molar-refractivity contribution in [3.8, 4) is 0 Å². The molecule has 0 aromatic carbocycles. The number of likely N-dealkylation sites (tertiary alicyclic amines) is 1. The fourth-order valence-corrected chi connectivity index (χ4v) is 4.12. The summed E-state index contributed by atoms with van der Waals surface area (Å²) < 4.78 is 0.360. The molecular weight excluding hydrogens is 244 g/mol. The molecule has 0 aromatic heterocycles. The van der Waals surface area contributed by atoms with Gasteiger partial charge in [0.25, 0.3) is 0 Å². The zero-order valence-electron chi connectivity index (χ0n) is 11.5. The lowest BCUT2D eigenvalue weighted by Gasteiger charge is -2.25. The summed E-state index contributed by atoms with van der Waals surface area (Å²) in [4.78, 5) is 14.1. The number of nitrogens with zero attached hydrogens (tertiary/aromatic N) is 1. The molecule has 0 bridgehead atoms. The summed E-state index contributed by atoms with van der Waals surface area (Å²) in [6.07, 6.45) is 7.53. The first-order valence-corrected chi connectivity index (χ1v) is 8.31. The minimum absolute atomic E-state index is 0.295. The first-order valence-electron chi connectivity index (χ1n) is 7.32. The van der Waals surface area contributed by atoms with E-state index >= 15 is 0 Å². The Labute approximate surface area is 115 Å². The van der Waals surface area contributed by atoms with Gasteiger partial charge in [-0.1, -0.05) is 12.8 Å². The smallest absolute Gasteiger partial charge is 0.236 e. The molecule has 4 heteroatoms. The van der Waals surface area contributed by atoms with E-state index in [1.165, 1.54) is 44.3 Å². The highest BCUT2D eigenvalue weighted by atomic mass is 32.2. The lowest BCUT2D eigenvalue weighted by molar-refractivity contribution is -0.130. The summed E-state index contributed by atoms with van der Waals surface area (Å²) in [5.41, 5.74) is 0. The van der Waals surface area contributed by atoms with Gasteiger partial charge in [0.15, 0.2) is 0 Å². The number of rotatable bonds is 4. The molecule has 1 amide bonds. The third-order valence-corrected chi connectivity index (χ3v) is 5.57. The standard InChI is InChI=1S/C14H26N2OS/c1-14(7-6-10-18-14)12-15-11-13(17)16-8-4-2-3-5-9-16/h15H,2-12H2,1H3. The number of thioether (sulfide) groups is 1. The van der Waals surface area contributed by atoms with E-state index in [-0.39, 0.29) is 0 Å². The Morgan fingerprint density at radius 2 is 1.94 bits per heavy atom. The van der Waals surface area contributed by atoms with Gasteiger partial charge in [0.05, 0.1) is 6.54 Å². The summed E-state index contributed by atoms with van der Waals surface area (Å²) in [5, 5.41) is 3.37. The van der Waals surface area contributed by atoms with Crippen molar-refractivity contribution < 1.29 is 4.79 Å². The van der Waals surface area contributed by atoms with Crippen molar-refractivity contribution in [3.63, 3.8) is 0 Å². The van der Waals surface area contributed by atoms with Gasteiger partial charge in [-0.05, 0) is 38.4 Å². The molecule has 2 aliphatic rings. The van der Waals surface area contributed by atoms with E-state index in [2.05, 4.69) is 12.2 Å². The summed E-state index contributed by atoms with van der Waals surface area (Å²) >= 11 is 2.05. The molecule has 0 aliphatic carbocycles. The summed E-state index contributed by atoms with van der Waals surface area (Å²) in [7, 11) is 0. The SMILES string of the molecule is CC1(CNCC(=O)N2CCCCCC2)CCCS1. The first kappa shape index (κ1) is 14.2. The third kappa shape index (κ3) is 4.16. The molecule has 2 fully saturated rings. The van der Waals surface area contributed by atoms with Crippen molar-refractivity contribution >= 4 is 17.7 Å². The Bertz CT molecular complexity index is 269. The number of amides is 1. The largest absolute Gasteiger partial charge is 0.342 e. The molecule has 2 aliphatic heterocycles. The van der Waals surface area contributed by atoms with E-state index in [4.69, 9.17) is 0 Å². The van der Waals surface area contributed by atoms with Crippen molar-refractivity contribution in [3.05, 3.63) is 0 Å². The van der Waals surface area contributed by atoms with Gasteiger partial charge in [-0.25, -0.2) is 0 Å². The highest BCUT2D eigenvalue weighted by Gasteiger charge is 2.29. The van der Waals surface area contributed by atoms with Gasteiger partial charge in [-0.2, -0.15) is 11.8 Å². The Morgan fingerprint density at radius 1 is 1.22 bits per heavy atom. The average Bonchev–Trinajstić information content (AvgIpc) is 2.64. The number of hydrogen-bond donors (Lipinski definition) is 1. The molecule has 0 aromatic rings. The van der Waals surface area contributed by atoms with Crippen LogP contribution in [0.5, 0.6) is 0 Å². The maximum Gasteiger partial charge on any atom is 0.236 e. The van der Waals surface area contributed by atoms with Crippen LogP contribution in [0.2, 0.25) is 0 Å². The maximum atomic E-state index is 12.1. The minimum Gasteiger partial charge on any atom is -0.342 e. The molecule has 2 rings (SSSR count). The van der Waals surface area contributed by atoms with E-state index in [0.29, 0.717) is 17.2 Å². The average molecular weight is 270 g/mol. The Kier molecular flexibility index (Phi) is 5.37. The molecule has 0 radical (unpaired) electrons. The van der Waals surface area contributed by atoms with Crippen LogP contribution in [-0.4, -0.2) is 47.5 Å². The molecule has 1 unspecified atom stereocenters. The fraction of sp³-hybridized carbons (Fsp3) is 0.929. The third-order valence-electron chi connectivity index (χ3n) is 4.03. The summed E-state index contributed by atoms with van der Waals surface area (Å²) in [5.74, 6) is 1.57. The second kappa shape index (κ2) is 6.80. The quantitative estimate of drug-likeness (QED) is 0.850. The molecule has 18 heavy (non-hydrogen) atoms. The van der Waals surface area contributed by atoms with E-state index in [1.807, 2.05) is 16.7 Å². The van der Waals surface area contributed by atoms with E-state index in [9.17, 15) is 4.79 Å². The van der Waals surface area contributed by atoms with Crippen LogP contribution in [0.1, 0.15) is 45.4 Å². The minimum atomic E-state index is 0.295. The van der Waals surface area contributed by atoms with Crippen molar-refractivity contribution in [2.75, 3.05) is 31.9 Å². The molecule has 1 atom stereocenters. The van der Waals surface area contributed by atoms with E-state index < -0.39 is 0 Å². The van der Waals surface area contributed by atoms with Crippen LogP contribution in [0, 0.1) is 0 Å². The van der Waals surface area contributed by atoms with E-state index in [0.717, 1.165) is 19.6 Å². The van der Waals surface area contributed by atoms with E-state index in [1.54, 1.807) is 0 Å². The van der Waals surface area contributed by atoms with Crippen LogP contribution in [0.25, 0.3) is 0 Å². The predicted octanol–water partition coefficient (Wildman–Crippen LogP) is 2.26. The van der Waals surface area contributed by atoms with Gasteiger partial charge in [0.1, 0.15) is 0 Å². The lowest BCUT2D eigenvalue weighted by Crippen LogP contribution is -2.42. The van der Waals surface area contributed by atoms with Crippen LogP contribution in [0.15, 0.2) is 0 Å². The molecule has 2 saturated heterocycles. The van der Waals surface area contributed by atoms with Gasteiger partial charge in [0, 0.05) is 24.4 Å². The normalized spacial score (nSPS) is 29.3.